The molecule has 1 saturated heterocycles. The molecular weight excluding hydrogens is 102 g/mol. The van der Waals surface area contributed by atoms with Gasteiger partial charge in [0.15, 0.2) is 0 Å². The minimum Gasteiger partial charge on any atom is -0.349 e. The van der Waals surface area contributed by atoms with Gasteiger partial charge in [-0.25, -0.2) is 0 Å². The van der Waals surface area contributed by atoms with Crippen molar-refractivity contribution in [1.29, 1.82) is 0 Å². The van der Waals surface area contributed by atoms with E-state index in [-0.39, 0.29) is 5.91 Å². The normalized spacial score (nSPS) is 41.5. The van der Waals surface area contributed by atoms with Crippen LogP contribution in [0.15, 0.2) is 12.2 Å². The van der Waals surface area contributed by atoms with Crippen LogP contribution in [-0.2, 0) is 4.79 Å². The van der Waals surface area contributed by atoms with Crippen LogP contribution in [0.3, 0.4) is 0 Å². The van der Waals surface area contributed by atoms with Crippen molar-refractivity contribution in [2.75, 3.05) is 0 Å². The van der Waals surface area contributed by atoms with Gasteiger partial charge in [-0.3, -0.25) is 4.79 Å². The molecule has 2 fully saturated rings. The molecule has 8 heavy (non-hydrogen) atoms. The maximum Gasteiger partial charge on any atom is 0.247 e. The summed E-state index contributed by atoms with van der Waals surface area (Å²) in [7, 11) is 0. The molecule has 0 aromatic carbocycles. The number of carbonyl (C=O) groups excluding carboxylic acids is 1. The van der Waals surface area contributed by atoms with Gasteiger partial charge in [0.2, 0.25) is 5.91 Å². The summed E-state index contributed by atoms with van der Waals surface area (Å²) in [4.78, 5) is 10.6. The van der Waals surface area contributed by atoms with E-state index in [1.54, 1.807) is 0 Å². The van der Waals surface area contributed by atoms with Gasteiger partial charge in [0.25, 0.3) is 0 Å². The first-order chi connectivity index (χ1) is 3.79. The van der Waals surface area contributed by atoms with E-state index >= 15 is 0 Å². The molecule has 2 aliphatic rings. The van der Waals surface area contributed by atoms with Crippen molar-refractivity contribution in [3.63, 3.8) is 0 Å². The number of hydrogen-bond acceptors (Lipinski definition) is 1. The van der Waals surface area contributed by atoms with Crippen LogP contribution < -0.4 is 5.32 Å². The minimum atomic E-state index is 0.0613. The summed E-state index contributed by atoms with van der Waals surface area (Å²) in [6.07, 6.45) is 1.13. The summed E-state index contributed by atoms with van der Waals surface area (Å²) in [5, 5.41) is 2.80. The lowest BCUT2D eigenvalue weighted by molar-refractivity contribution is -0.116. The number of nitrogens with one attached hydrogen (secondary N) is 1. The monoisotopic (exact) mass is 109 g/mol. The molecule has 1 N–H and O–H groups in total. The Balaban J connectivity index is 2.31. The van der Waals surface area contributed by atoms with Gasteiger partial charge in [-0.2, -0.15) is 0 Å². The average Bonchev–Trinajstić information content (AvgIpc) is 2.39. The van der Waals surface area contributed by atoms with Crippen LogP contribution in [0.5, 0.6) is 0 Å². The summed E-state index contributed by atoms with van der Waals surface area (Å²) in [6, 6.07) is 0.468. The maximum absolute atomic E-state index is 10.6. The fourth-order valence-electron chi connectivity index (χ4n) is 1.17. The number of carbonyl (C=O) groups is 1. The number of hydrogen-bond donors (Lipinski definition) is 1. The van der Waals surface area contributed by atoms with Gasteiger partial charge < -0.3 is 5.32 Å². The molecule has 1 aliphatic heterocycles. The lowest BCUT2D eigenvalue weighted by Crippen LogP contribution is -2.19. The largest absolute Gasteiger partial charge is 0.349 e. The zero-order valence-corrected chi connectivity index (χ0v) is 4.48. The minimum absolute atomic E-state index is 0.0613. The van der Waals surface area contributed by atoms with Gasteiger partial charge in [-0.15, -0.1) is 0 Å². The molecule has 0 radical (unpaired) electrons. The van der Waals surface area contributed by atoms with Crippen molar-refractivity contribution in [2.24, 2.45) is 5.92 Å². The highest BCUT2D eigenvalue weighted by atomic mass is 16.2. The molecule has 1 heterocycles. The van der Waals surface area contributed by atoms with Crippen molar-refractivity contribution in [2.45, 2.75) is 12.5 Å². The Labute approximate surface area is 47.6 Å². The highest BCUT2D eigenvalue weighted by Crippen LogP contribution is 2.41. The molecule has 2 rings (SSSR count). The van der Waals surface area contributed by atoms with E-state index in [4.69, 9.17) is 0 Å². The Morgan fingerprint density at radius 3 is 2.75 bits per heavy atom. The van der Waals surface area contributed by atoms with Crippen LogP contribution in [0.2, 0.25) is 0 Å². The lowest BCUT2D eigenvalue weighted by Gasteiger charge is -1.91. The quantitative estimate of drug-likeness (QED) is 0.438. The second kappa shape index (κ2) is 0.966. The van der Waals surface area contributed by atoms with Crippen molar-refractivity contribution in [3.8, 4) is 0 Å². The summed E-state index contributed by atoms with van der Waals surface area (Å²) in [5.74, 6) is 0.564. The summed E-state index contributed by atoms with van der Waals surface area (Å²) >= 11 is 0. The van der Waals surface area contributed by atoms with Crippen LogP contribution in [0.4, 0.5) is 0 Å². The van der Waals surface area contributed by atoms with E-state index in [1.807, 2.05) is 0 Å². The molecular formula is C6H7NO. The third-order valence-electron chi connectivity index (χ3n) is 1.85. The van der Waals surface area contributed by atoms with Crippen molar-refractivity contribution in [1.82, 2.24) is 5.32 Å². The van der Waals surface area contributed by atoms with E-state index in [0.717, 1.165) is 12.0 Å². The van der Waals surface area contributed by atoms with Crippen molar-refractivity contribution >= 4 is 5.91 Å². The molecule has 2 atom stereocenters. The predicted molar refractivity (Wildman–Crippen MR) is 29.2 cm³/mol. The Morgan fingerprint density at radius 2 is 2.50 bits per heavy atom. The molecule has 2 heteroatoms. The summed E-state index contributed by atoms with van der Waals surface area (Å²) in [5.41, 5.74) is 0.787. The van der Waals surface area contributed by atoms with Crippen LogP contribution in [0.25, 0.3) is 0 Å². The molecule has 0 spiro atoms. The topological polar surface area (TPSA) is 29.1 Å². The number of amides is 1. The predicted octanol–water partition coefficient (Wildman–Crippen LogP) is 0.0609. The van der Waals surface area contributed by atoms with Gasteiger partial charge in [0.05, 0.1) is 0 Å². The molecule has 2 nitrogen and oxygen atoms in total. The Hall–Kier alpha value is -0.790. The maximum atomic E-state index is 10.6. The summed E-state index contributed by atoms with van der Waals surface area (Å²) in [6.45, 7) is 3.65. The Kier molecular flexibility index (Phi) is 0.498. The fourth-order valence-corrected chi connectivity index (χ4v) is 1.17. The molecule has 1 aliphatic carbocycles. The van der Waals surface area contributed by atoms with Crippen LogP contribution in [-0.4, -0.2) is 11.9 Å². The van der Waals surface area contributed by atoms with Gasteiger partial charge in [-0.1, -0.05) is 6.58 Å². The zero-order chi connectivity index (χ0) is 5.72. The second-order valence-corrected chi connectivity index (χ2v) is 2.45. The van der Waals surface area contributed by atoms with E-state index < -0.39 is 0 Å². The van der Waals surface area contributed by atoms with Crippen molar-refractivity contribution < 1.29 is 4.79 Å². The van der Waals surface area contributed by atoms with Gasteiger partial charge >= 0.3 is 0 Å². The Morgan fingerprint density at radius 1 is 1.75 bits per heavy atom. The molecule has 1 saturated carbocycles. The molecule has 0 aromatic heterocycles. The number of rotatable bonds is 0. The van der Waals surface area contributed by atoms with Crippen LogP contribution in [0.1, 0.15) is 6.42 Å². The SMILES string of the molecule is C=C1C(=O)NC2CC12. The molecule has 0 bridgehead atoms. The third-order valence-corrected chi connectivity index (χ3v) is 1.85. The molecule has 42 valence electrons. The molecule has 0 aromatic rings. The standard InChI is InChI=1S/C6H7NO/c1-3-4-2-5(4)7-6(3)8/h4-5H,1-2H2,(H,7,8). The second-order valence-electron chi connectivity index (χ2n) is 2.45. The van der Waals surface area contributed by atoms with Gasteiger partial charge in [0.1, 0.15) is 0 Å². The summed E-state index contributed by atoms with van der Waals surface area (Å²) < 4.78 is 0. The van der Waals surface area contributed by atoms with E-state index in [1.165, 1.54) is 0 Å². The van der Waals surface area contributed by atoms with Gasteiger partial charge in [0, 0.05) is 17.5 Å². The van der Waals surface area contributed by atoms with Crippen LogP contribution in [0, 0.1) is 5.92 Å². The van der Waals surface area contributed by atoms with Gasteiger partial charge in [-0.05, 0) is 6.42 Å². The number of fused-ring (bicyclic) bond motifs is 1. The van der Waals surface area contributed by atoms with E-state index in [2.05, 4.69) is 11.9 Å². The van der Waals surface area contributed by atoms with E-state index in [9.17, 15) is 4.79 Å². The molecule has 1 amide bonds. The van der Waals surface area contributed by atoms with E-state index in [0.29, 0.717) is 12.0 Å². The average molecular weight is 109 g/mol. The first kappa shape index (κ1) is 4.13. The highest BCUT2D eigenvalue weighted by molar-refractivity contribution is 5.97. The number of piperidine rings is 1. The Bertz CT molecular complexity index is 173. The zero-order valence-electron chi connectivity index (χ0n) is 4.48. The third kappa shape index (κ3) is 0.312. The molecule has 2 unspecified atom stereocenters. The smallest absolute Gasteiger partial charge is 0.247 e. The lowest BCUT2D eigenvalue weighted by atomic mass is 10.2. The van der Waals surface area contributed by atoms with Crippen LogP contribution >= 0.6 is 0 Å². The first-order valence-electron chi connectivity index (χ1n) is 2.78. The fraction of sp³-hybridized carbons (Fsp3) is 0.500. The highest BCUT2D eigenvalue weighted by Gasteiger charge is 2.48. The first-order valence-corrected chi connectivity index (χ1v) is 2.78. The van der Waals surface area contributed by atoms with Crippen molar-refractivity contribution in [3.05, 3.63) is 12.2 Å².